The Morgan fingerprint density at radius 1 is 1.22 bits per heavy atom. The van der Waals surface area contributed by atoms with Gasteiger partial charge >= 0.3 is 0 Å². The Morgan fingerprint density at radius 3 is 2.67 bits per heavy atom. The molecule has 0 saturated heterocycles. The van der Waals surface area contributed by atoms with E-state index in [2.05, 4.69) is 32.9 Å². The molecule has 2 rings (SSSR count). The fourth-order valence-electron chi connectivity index (χ4n) is 1.30. The summed E-state index contributed by atoms with van der Waals surface area (Å²) >= 11 is 2.21. The molecule has 0 unspecified atom stereocenters. The second-order valence-corrected chi connectivity index (χ2v) is 4.76. The first-order chi connectivity index (χ1) is 8.74. The summed E-state index contributed by atoms with van der Waals surface area (Å²) in [5.74, 6) is 0.233. The number of nitrogens with one attached hydrogen (secondary N) is 1. The number of halogens is 1. The minimum atomic E-state index is -0.207. The van der Waals surface area contributed by atoms with E-state index < -0.39 is 0 Å². The lowest BCUT2D eigenvalue weighted by Gasteiger charge is -2.06. The van der Waals surface area contributed by atoms with Crippen LogP contribution in [0, 0.1) is 3.57 Å². The number of rotatable bonds is 4. The molecule has 0 aliphatic carbocycles. The highest BCUT2D eigenvalue weighted by molar-refractivity contribution is 14.1. The van der Waals surface area contributed by atoms with Gasteiger partial charge in [-0.05, 0) is 52.9 Å². The fraction of sp³-hybridized carbons (Fsp3) is 0.0769. The third-order valence-electron chi connectivity index (χ3n) is 2.12. The first-order valence-electron chi connectivity index (χ1n) is 5.33. The van der Waals surface area contributed by atoms with Crippen LogP contribution in [-0.2, 0) is 4.79 Å². The van der Waals surface area contributed by atoms with Crippen molar-refractivity contribution in [2.45, 2.75) is 0 Å². The average Bonchev–Trinajstić information content (AvgIpc) is 2.40. The molecule has 92 valence electrons. The van der Waals surface area contributed by atoms with E-state index in [9.17, 15) is 4.79 Å². The Labute approximate surface area is 119 Å². The Balaban J connectivity index is 1.84. The van der Waals surface area contributed by atoms with Crippen molar-refractivity contribution in [1.29, 1.82) is 0 Å². The van der Waals surface area contributed by atoms with Gasteiger partial charge in [0, 0.05) is 21.5 Å². The smallest absolute Gasteiger partial charge is 0.262 e. The summed E-state index contributed by atoms with van der Waals surface area (Å²) in [7, 11) is 0. The zero-order valence-corrected chi connectivity index (χ0v) is 11.6. The lowest BCUT2D eigenvalue weighted by Crippen LogP contribution is -2.20. The van der Waals surface area contributed by atoms with Crippen LogP contribution < -0.4 is 10.1 Å². The summed E-state index contributed by atoms with van der Waals surface area (Å²) in [5, 5.41) is 2.74. The van der Waals surface area contributed by atoms with E-state index in [0.29, 0.717) is 5.88 Å². The van der Waals surface area contributed by atoms with Crippen molar-refractivity contribution in [1.82, 2.24) is 4.98 Å². The monoisotopic (exact) mass is 354 g/mol. The molecule has 5 heteroatoms. The topological polar surface area (TPSA) is 51.2 Å². The van der Waals surface area contributed by atoms with Crippen molar-refractivity contribution < 1.29 is 9.53 Å². The van der Waals surface area contributed by atoms with E-state index in [-0.39, 0.29) is 12.5 Å². The van der Waals surface area contributed by atoms with Crippen molar-refractivity contribution in [3.63, 3.8) is 0 Å². The van der Waals surface area contributed by atoms with Gasteiger partial charge in [0.1, 0.15) is 0 Å². The summed E-state index contributed by atoms with van der Waals surface area (Å²) in [6.45, 7) is -0.0526. The van der Waals surface area contributed by atoms with Crippen LogP contribution in [-0.4, -0.2) is 17.5 Å². The van der Waals surface area contributed by atoms with Crippen molar-refractivity contribution in [3.05, 3.63) is 52.2 Å². The number of nitrogens with zero attached hydrogens (tertiary/aromatic N) is 1. The number of hydrogen-bond acceptors (Lipinski definition) is 3. The van der Waals surface area contributed by atoms with Gasteiger partial charge in [-0.2, -0.15) is 0 Å². The average molecular weight is 354 g/mol. The molecule has 0 atom stereocenters. The highest BCUT2D eigenvalue weighted by atomic mass is 127. The van der Waals surface area contributed by atoms with Crippen molar-refractivity contribution in [2.24, 2.45) is 0 Å². The highest BCUT2D eigenvalue weighted by Gasteiger charge is 2.03. The Kier molecular flexibility index (Phi) is 4.52. The molecule has 18 heavy (non-hydrogen) atoms. The third kappa shape index (κ3) is 3.99. The second kappa shape index (κ2) is 6.34. The van der Waals surface area contributed by atoms with E-state index in [1.54, 1.807) is 24.4 Å². The molecule has 4 nitrogen and oxygen atoms in total. The molecule has 0 radical (unpaired) electrons. The van der Waals surface area contributed by atoms with Gasteiger partial charge in [-0.15, -0.1) is 0 Å². The number of ether oxygens (including phenoxy) is 1. The number of benzene rings is 1. The molecule has 1 aromatic carbocycles. The molecule has 0 spiro atoms. The molecule has 1 aromatic heterocycles. The van der Waals surface area contributed by atoms with Crippen LogP contribution in [0.3, 0.4) is 0 Å². The van der Waals surface area contributed by atoms with Gasteiger partial charge in [0.05, 0.1) is 0 Å². The van der Waals surface area contributed by atoms with Gasteiger partial charge < -0.3 is 10.1 Å². The van der Waals surface area contributed by atoms with Gasteiger partial charge in [0.15, 0.2) is 6.61 Å². The van der Waals surface area contributed by atoms with Gasteiger partial charge in [-0.1, -0.05) is 6.07 Å². The summed E-state index contributed by atoms with van der Waals surface area (Å²) in [4.78, 5) is 15.6. The zero-order valence-electron chi connectivity index (χ0n) is 9.47. The third-order valence-corrected chi connectivity index (χ3v) is 2.84. The van der Waals surface area contributed by atoms with Crippen LogP contribution in [0.1, 0.15) is 0 Å². The number of hydrogen-bond donors (Lipinski definition) is 1. The minimum absolute atomic E-state index is 0.0526. The predicted octanol–water partition coefficient (Wildman–Crippen LogP) is 2.70. The quantitative estimate of drug-likeness (QED) is 0.859. The van der Waals surface area contributed by atoms with Crippen molar-refractivity contribution >= 4 is 34.2 Å². The van der Waals surface area contributed by atoms with Gasteiger partial charge in [-0.25, -0.2) is 4.98 Å². The maximum Gasteiger partial charge on any atom is 0.262 e. The first-order valence-corrected chi connectivity index (χ1v) is 6.41. The lowest BCUT2D eigenvalue weighted by atomic mass is 10.3. The maximum atomic E-state index is 11.6. The molecule has 0 aliphatic rings. The fourth-order valence-corrected chi connectivity index (χ4v) is 1.66. The molecule has 2 aromatic rings. The van der Waals surface area contributed by atoms with Crippen LogP contribution in [0.4, 0.5) is 5.69 Å². The Morgan fingerprint density at radius 2 is 2.00 bits per heavy atom. The SMILES string of the molecule is O=C(COc1ccccn1)Nc1ccc(I)cc1. The molecule has 1 heterocycles. The molecule has 0 aliphatic heterocycles. The van der Waals surface area contributed by atoms with Gasteiger partial charge in [-0.3, -0.25) is 4.79 Å². The van der Waals surface area contributed by atoms with Crippen LogP contribution in [0.25, 0.3) is 0 Å². The number of carbonyl (C=O) groups is 1. The summed E-state index contributed by atoms with van der Waals surface area (Å²) in [6, 6.07) is 12.8. The standard InChI is InChI=1S/C13H11IN2O2/c14-10-4-6-11(7-5-10)16-12(17)9-18-13-3-1-2-8-15-13/h1-8H,9H2,(H,16,17). The number of anilines is 1. The molecular weight excluding hydrogens is 343 g/mol. The largest absolute Gasteiger partial charge is 0.468 e. The van der Waals surface area contributed by atoms with E-state index in [4.69, 9.17) is 4.74 Å². The lowest BCUT2D eigenvalue weighted by molar-refractivity contribution is -0.118. The van der Waals surface area contributed by atoms with Gasteiger partial charge in [0.2, 0.25) is 5.88 Å². The molecule has 1 N–H and O–H groups in total. The van der Waals surface area contributed by atoms with Crippen LogP contribution in [0.15, 0.2) is 48.7 Å². The minimum Gasteiger partial charge on any atom is -0.468 e. The van der Waals surface area contributed by atoms with E-state index in [0.717, 1.165) is 9.26 Å². The number of aromatic nitrogens is 1. The molecular formula is C13H11IN2O2. The molecule has 0 fully saturated rings. The second-order valence-electron chi connectivity index (χ2n) is 3.51. The summed E-state index contributed by atoms with van der Waals surface area (Å²) in [5.41, 5.74) is 0.755. The van der Waals surface area contributed by atoms with Crippen molar-refractivity contribution in [2.75, 3.05) is 11.9 Å². The van der Waals surface area contributed by atoms with Gasteiger partial charge in [0.25, 0.3) is 5.91 Å². The van der Waals surface area contributed by atoms with Crippen LogP contribution in [0.5, 0.6) is 5.88 Å². The summed E-state index contributed by atoms with van der Waals surface area (Å²) in [6.07, 6.45) is 1.62. The Bertz CT molecular complexity index is 514. The normalized spacial score (nSPS) is 9.83. The number of amides is 1. The zero-order chi connectivity index (χ0) is 12.8. The van der Waals surface area contributed by atoms with Crippen LogP contribution >= 0.6 is 22.6 Å². The molecule has 0 saturated carbocycles. The van der Waals surface area contributed by atoms with E-state index in [1.165, 1.54) is 0 Å². The predicted molar refractivity (Wildman–Crippen MR) is 77.5 cm³/mol. The maximum absolute atomic E-state index is 11.6. The van der Waals surface area contributed by atoms with Crippen LogP contribution in [0.2, 0.25) is 0 Å². The van der Waals surface area contributed by atoms with E-state index >= 15 is 0 Å². The molecule has 1 amide bonds. The number of carbonyl (C=O) groups excluding carboxylic acids is 1. The summed E-state index contributed by atoms with van der Waals surface area (Å²) < 4.78 is 6.36. The highest BCUT2D eigenvalue weighted by Crippen LogP contribution is 2.11. The first kappa shape index (κ1) is 12.8. The number of pyridine rings is 1. The van der Waals surface area contributed by atoms with E-state index in [1.807, 2.05) is 24.3 Å². The molecule has 0 bridgehead atoms. The van der Waals surface area contributed by atoms with Crippen molar-refractivity contribution in [3.8, 4) is 5.88 Å². The Hall–Kier alpha value is -1.63.